The van der Waals surface area contributed by atoms with Gasteiger partial charge in [0.25, 0.3) is 0 Å². The molecule has 0 unspecified atom stereocenters. The summed E-state index contributed by atoms with van der Waals surface area (Å²) in [7, 11) is 1.61. The first-order valence-electron chi connectivity index (χ1n) is 6.09. The van der Waals surface area contributed by atoms with Crippen LogP contribution in [0.25, 0.3) is 5.69 Å². The minimum absolute atomic E-state index is 0.0436. The molecule has 0 spiro atoms. The van der Waals surface area contributed by atoms with E-state index in [0.29, 0.717) is 11.6 Å². The van der Waals surface area contributed by atoms with Crippen LogP contribution in [0, 0.1) is 0 Å². The number of carboxylic acids is 1. The summed E-state index contributed by atoms with van der Waals surface area (Å²) in [4.78, 5) is 10.7. The molecule has 1 aromatic carbocycles. The molecule has 1 aromatic heterocycles. The van der Waals surface area contributed by atoms with Crippen molar-refractivity contribution in [2.24, 2.45) is 0 Å². The van der Waals surface area contributed by atoms with Gasteiger partial charge < -0.3 is 9.84 Å². The Hall–Kier alpha value is -2.02. The van der Waals surface area contributed by atoms with Gasteiger partial charge in [-0.05, 0) is 24.3 Å². The van der Waals surface area contributed by atoms with Gasteiger partial charge in [-0.1, -0.05) is 18.7 Å². The highest BCUT2D eigenvalue weighted by atomic mass is 32.2. The molecule has 0 fully saturated rings. The van der Waals surface area contributed by atoms with Crippen LogP contribution < -0.4 is 4.74 Å². The minimum atomic E-state index is -0.877. The molecule has 0 saturated carbocycles. The first-order chi connectivity index (χ1) is 9.65. The molecule has 2 rings (SSSR count). The minimum Gasteiger partial charge on any atom is -0.497 e. The number of hydrogen-bond donors (Lipinski definition) is 1. The molecule has 0 aliphatic rings. The molecular weight excluding hydrogens is 278 g/mol. The second-order valence-electron chi connectivity index (χ2n) is 3.97. The van der Waals surface area contributed by atoms with E-state index >= 15 is 0 Å². The molecule has 0 radical (unpaired) electrons. The highest BCUT2D eigenvalue weighted by Crippen LogP contribution is 2.23. The third-order valence-electron chi connectivity index (χ3n) is 2.67. The Morgan fingerprint density at radius 2 is 2.05 bits per heavy atom. The average Bonchev–Trinajstić information content (AvgIpc) is 2.88. The van der Waals surface area contributed by atoms with Crippen molar-refractivity contribution < 1.29 is 14.6 Å². The fourth-order valence-electron chi connectivity index (χ4n) is 1.74. The fourth-order valence-corrected chi connectivity index (χ4v) is 2.43. The summed E-state index contributed by atoms with van der Waals surface area (Å²) in [5.41, 5.74) is 0.889. The number of thioether (sulfide) groups is 1. The molecule has 0 bridgehead atoms. The zero-order valence-electron chi connectivity index (χ0n) is 11.2. The van der Waals surface area contributed by atoms with E-state index in [9.17, 15) is 4.79 Å². The molecule has 106 valence electrons. The standard InChI is InChI=1S/C13H15N3O3S/c1-3-11-14-15-13(20-8-12(17)18)16(11)9-4-6-10(19-2)7-5-9/h4-7H,3,8H2,1-2H3,(H,17,18). The Balaban J connectivity index is 2.36. The van der Waals surface area contributed by atoms with Crippen molar-refractivity contribution in [2.75, 3.05) is 12.9 Å². The molecule has 0 aliphatic carbocycles. The summed E-state index contributed by atoms with van der Waals surface area (Å²) in [6.45, 7) is 1.98. The smallest absolute Gasteiger partial charge is 0.313 e. The Morgan fingerprint density at radius 1 is 1.35 bits per heavy atom. The van der Waals surface area contributed by atoms with Gasteiger partial charge in [0.2, 0.25) is 0 Å². The van der Waals surface area contributed by atoms with Gasteiger partial charge in [0.1, 0.15) is 11.6 Å². The molecule has 0 saturated heterocycles. The van der Waals surface area contributed by atoms with Crippen molar-refractivity contribution in [1.82, 2.24) is 14.8 Å². The predicted octanol–water partition coefficient (Wildman–Crippen LogP) is 2.02. The Labute approximate surface area is 120 Å². The van der Waals surface area contributed by atoms with Crippen LogP contribution in [0.15, 0.2) is 29.4 Å². The van der Waals surface area contributed by atoms with Crippen LogP contribution in [-0.2, 0) is 11.2 Å². The van der Waals surface area contributed by atoms with Gasteiger partial charge in [0.05, 0.1) is 12.9 Å². The lowest BCUT2D eigenvalue weighted by Crippen LogP contribution is -2.04. The molecule has 1 heterocycles. The van der Waals surface area contributed by atoms with Gasteiger partial charge in [-0.2, -0.15) is 0 Å². The summed E-state index contributed by atoms with van der Waals surface area (Å²) in [5.74, 6) is 0.637. The van der Waals surface area contributed by atoms with E-state index < -0.39 is 5.97 Å². The highest BCUT2D eigenvalue weighted by molar-refractivity contribution is 7.99. The van der Waals surface area contributed by atoms with Gasteiger partial charge in [-0.15, -0.1) is 10.2 Å². The number of benzene rings is 1. The molecule has 2 aromatic rings. The number of ether oxygens (including phenoxy) is 1. The number of aryl methyl sites for hydroxylation is 1. The SMILES string of the molecule is CCc1nnc(SCC(=O)O)n1-c1ccc(OC)cc1. The van der Waals surface area contributed by atoms with Crippen molar-refractivity contribution >= 4 is 17.7 Å². The monoisotopic (exact) mass is 293 g/mol. The zero-order valence-corrected chi connectivity index (χ0v) is 12.1. The fraction of sp³-hybridized carbons (Fsp3) is 0.308. The number of methoxy groups -OCH3 is 1. The summed E-state index contributed by atoms with van der Waals surface area (Å²) in [5, 5.41) is 17.5. The number of carboxylic acid groups (broad SMARTS) is 1. The van der Waals surface area contributed by atoms with E-state index in [1.165, 1.54) is 0 Å². The molecular formula is C13H15N3O3S. The number of rotatable bonds is 6. The first-order valence-corrected chi connectivity index (χ1v) is 7.07. The van der Waals surface area contributed by atoms with Gasteiger partial charge in [0, 0.05) is 12.1 Å². The quantitative estimate of drug-likeness (QED) is 0.821. The van der Waals surface area contributed by atoms with Crippen molar-refractivity contribution in [2.45, 2.75) is 18.5 Å². The van der Waals surface area contributed by atoms with Crippen LogP contribution >= 0.6 is 11.8 Å². The van der Waals surface area contributed by atoms with Gasteiger partial charge in [0.15, 0.2) is 5.16 Å². The van der Waals surface area contributed by atoms with Crippen LogP contribution in [0.4, 0.5) is 0 Å². The van der Waals surface area contributed by atoms with Gasteiger partial charge in [-0.25, -0.2) is 0 Å². The van der Waals surface area contributed by atoms with Gasteiger partial charge in [-0.3, -0.25) is 9.36 Å². The molecule has 6 nitrogen and oxygen atoms in total. The topological polar surface area (TPSA) is 77.2 Å². The van der Waals surface area contributed by atoms with Crippen LogP contribution in [0.3, 0.4) is 0 Å². The summed E-state index contributed by atoms with van der Waals surface area (Å²) >= 11 is 1.15. The van der Waals surface area contributed by atoms with E-state index in [4.69, 9.17) is 9.84 Å². The summed E-state index contributed by atoms with van der Waals surface area (Å²) in [6, 6.07) is 7.49. The lowest BCUT2D eigenvalue weighted by atomic mass is 10.3. The Kier molecular flexibility index (Phi) is 4.62. The number of carbonyl (C=O) groups is 1. The van der Waals surface area contributed by atoms with E-state index in [-0.39, 0.29) is 5.75 Å². The largest absolute Gasteiger partial charge is 0.497 e. The molecule has 0 aliphatic heterocycles. The van der Waals surface area contributed by atoms with E-state index in [1.807, 2.05) is 35.8 Å². The molecule has 0 amide bonds. The average molecular weight is 293 g/mol. The van der Waals surface area contributed by atoms with Crippen molar-refractivity contribution in [1.29, 1.82) is 0 Å². The number of aliphatic carboxylic acids is 1. The highest BCUT2D eigenvalue weighted by Gasteiger charge is 2.14. The lowest BCUT2D eigenvalue weighted by molar-refractivity contribution is -0.133. The van der Waals surface area contributed by atoms with Crippen LogP contribution in [0.2, 0.25) is 0 Å². The Morgan fingerprint density at radius 3 is 2.60 bits per heavy atom. The maximum atomic E-state index is 10.7. The first kappa shape index (κ1) is 14.4. The lowest BCUT2D eigenvalue weighted by Gasteiger charge is -2.09. The molecule has 20 heavy (non-hydrogen) atoms. The second kappa shape index (κ2) is 6.42. The zero-order chi connectivity index (χ0) is 14.5. The summed E-state index contributed by atoms with van der Waals surface area (Å²) < 4.78 is 7.00. The maximum absolute atomic E-state index is 10.7. The molecule has 0 atom stereocenters. The Bertz CT molecular complexity index is 595. The van der Waals surface area contributed by atoms with Crippen molar-refractivity contribution in [3.63, 3.8) is 0 Å². The molecule has 7 heteroatoms. The van der Waals surface area contributed by atoms with Crippen LogP contribution in [0.5, 0.6) is 5.75 Å². The second-order valence-corrected chi connectivity index (χ2v) is 4.91. The molecule has 1 N–H and O–H groups in total. The van der Waals surface area contributed by atoms with Gasteiger partial charge >= 0.3 is 5.97 Å². The van der Waals surface area contributed by atoms with Crippen molar-refractivity contribution in [3.05, 3.63) is 30.1 Å². The summed E-state index contributed by atoms with van der Waals surface area (Å²) in [6.07, 6.45) is 0.715. The number of aromatic nitrogens is 3. The third kappa shape index (κ3) is 3.11. The van der Waals surface area contributed by atoms with E-state index in [2.05, 4.69) is 10.2 Å². The number of hydrogen-bond acceptors (Lipinski definition) is 5. The number of nitrogens with zero attached hydrogens (tertiary/aromatic N) is 3. The maximum Gasteiger partial charge on any atom is 0.313 e. The van der Waals surface area contributed by atoms with Crippen LogP contribution in [-0.4, -0.2) is 38.7 Å². The predicted molar refractivity (Wildman–Crippen MR) is 75.6 cm³/mol. The third-order valence-corrected chi connectivity index (χ3v) is 3.59. The van der Waals surface area contributed by atoms with Crippen molar-refractivity contribution in [3.8, 4) is 11.4 Å². The van der Waals surface area contributed by atoms with E-state index in [1.54, 1.807) is 7.11 Å². The van der Waals surface area contributed by atoms with Crippen LogP contribution in [0.1, 0.15) is 12.7 Å². The van der Waals surface area contributed by atoms with E-state index in [0.717, 1.165) is 29.0 Å². The normalized spacial score (nSPS) is 10.5.